The summed E-state index contributed by atoms with van der Waals surface area (Å²) in [7, 11) is 0. The molecular formula is C27H29N5O4. The molecule has 2 amide bonds. The Kier molecular flexibility index (Phi) is 5.55. The zero-order valence-electron chi connectivity index (χ0n) is 20.1. The maximum atomic E-state index is 12.8. The Morgan fingerprint density at radius 2 is 2.00 bits per heavy atom. The maximum Gasteiger partial charge on any atom is 0.267 e. The van der Waals surface area contributed by atoms with Gasteiger partial charge in [0, 0.05) is 24.7 Å². The number of fused-ring (bicyclic) bond motifs is 1. The minimum absolute atomic E-state index is 0.0130. The van der Waals surface area contributed by atoms with E-state index in [9.17, 15) is 9.59 Å². The summed E-state index contributed by atoms with van der Waals surface area (Å²) in [4.78, 5) is 27.4. The lowest BCUT2D eigenvalue weighted by Crippen LogP contribution is -2.69. The summed E-state index contributed by atoms with van der Waals surface area (Å²) in [5, 5.41) is 10.3. The molecule has 186 valence electrons. The molecule has 9 nitrogen and oxygen atoms in total. The van der Waals surface area contributed by atoms with Gasteiger partial charge in [-0.05, 0) is 44.0 Å². The standard InChI is InChI=1S/C27H29N5O4/c1-18-6-8-20(9-7-18)35-24-10-11-27(24)16-31(17-27)25(33)15-32-14-19(12-29-32)30-26(34)23-13-28-21-4-2-3-5-22(21)36-23/h2-9,12,14,23-24,28H,10-11,13,15-17H2,1H3,(H,30,34). The number of nitrogens with one attached hydrogen (secondary N) is 2. The summed E-state index contributed by atoms with van der Waals surface area (Å²) in [6, 6.07) is 15.6. The van der Waals surface area contributed by atoms with Crippen molar-refractivity contribution in [3.8, 4) is 11.5 Å². The summed E-state index contributed by atoms with van der Waals surface area (Å²) >= 11 is 0. The van der Waals surface area contributed by atoms with Gasteiger partial charge in [-0.2, -0.15) is 5.10 Å². The Labute approximate surface area is 209 Å². The molecule has 3 aromatic rings. The van der Waals surface area contributed by atoms with Gasteiger partial charge in [0.1, 0.15) is 24.1 Å². The van der Waals surface area contributed by atoms with Crippen LogP contribution in [0.3, 0.4) is 0 Å². The van der Waals surface area contributed by atoms with Gasteiger partial charge in [-0.1, -0.05) is 29.8 Å². The van der Waals surface area contributed by atoms with E-state index >= 15 is 0 Å². The quantitative estimate of drug-likeness (QED) is 0.555. The fourth-order valence-corrected chi connectivity index (χ4v) is 5.12. The van der Waals surface area contributed by atoms with E-state index in [1.807, 2.05) is 41.3 Å². The number of carbonyl (C=O) groups is 2. The van der Waals surface area contributed by atoms with Crippen LogP contribution < -0.4 is 20.1 Å². The Hall–Kier alpha value is -4.01. The average molecular weight is 488 g/mol. The zero-order chi connectivity index (χ0) is 24.7. The number of aryl methyl sites for hydroxylation is 1. The highest BCUT2D eigenvalue weighted by Crippen LogP contribution is 2.50. The highest BCUT2D eigenvalue weighted by atomic mass is 16.5. The van der Waals surface area contributed by atoms with Gasteiger partial charge in [0.2, 0.25) is 5.91 Å². The second-order valence-electron chi connectivity index (χ2n) is 9.97. The number of para-hydroxylation sites is 2. The topological polar surface area (TPSA) is 97.7 Å². The minimum Gasteiger partial charge on any atom is -0.490 e. The van der Waals surface area contributed by atoms with Gasteiger partial charge in [-0.15, -0.1) is 0 Å². The molecule has 1 saturated heterocycles. The summed E-state index contributed by atoms with van der Waals surface area (Å²) in [5.41, 5.74) is 2.67. The molecule has 3 heterocycles. The zero-order valence-corrected chi connectivity index (χ0v) is 20.1. The normalized spacial score (nSPS) is 21.3. The number of hydrogen-bond donors (Lipinski definition) is 2. The molecule has 1 spiro atoms. The summed E-state index contributed by atoms with van der Waals surface area (Å²) in [6.45, 7) is 3.98. The summed E-state index contributed by atoms with van der Waals surface area (Å²) in [5.74, 6) is 1.28. The first-order chi connectivity index (χ1) is 17.5. The van der Waals surface area contributed by atoms with Crippen LogP contribution in [-0.2, 0) is 16.1 Å². The molecule has 2 aliphatic heterocycles. The summed E-state index contributed by atoms with van der Waals surface area (Å²) in [6.07, 6.45) is 4.81. The SMILES string of the molecule is Cc1ccc(OC2CCC23CN(C(=O)Cn2cc(NC(=O)C4CNc5ccccc5O4)cn2)C3)cc1. The monoisotopic (exact) mass is 487 g/mol. The first-order valence-electron chi connectivity index (χ1n) is 12.3. The smallest absolute Gasteiger partial charge is 0.267 e. The van der Waals surface area contributed by atoms with Crippen LogP contribution in [0.5, 0.6) is 11.5 Å². The van der Waals surface area contributed by atoms with Crippen molar-refractivity contribution in [2.45, 2.75) is 38.5 Å². The van der Waals surface area contributed by atoms with E-state index < -0.39 is 6.10 Å². The molecular weight excluding hydrogens is 458 g/mol. The van der Waals surface area contributed by atoms with E-state index in [2.05, 4.69) is 34.8 Å². The van der Waals surface area contributed by atoms with E-state index in [1.165, 1.54) is 5.56 Å². The van der Waals surface area contributed by atoms with Crippen LogP contribution in [-0.4, -0.2) is 58.3 Å². The molecule has 1 aliphatic carbocycles. The van der Waals surface area contributed by atoms with E-state index in [-0.39, 0.29) is 29.9 Å². The fraction of sp³-hybridized carbons (Fsp3) is 0.370. The fourth-order valence-electron chi connectivity index (χ4n) is 5.12. The van der Waals surface area contributed by atoms with E-state index in [4.69, 9.17) is 9.47 Å². The minimum atomic E-state index is -0.653. The second-order valence-corrected chi connectivity index (χ2v) is 9.97. The van der Waals surface area contributed by atoms with Gasteiger partial charge in [-0.25, -0.2) is 0 Å². The number of likely N-dealkylation sites (tertiary alicyclic amines) is 1. The van der Waals surface area contributed by atoms with Crippen molar-refractivity contribution < 1.29 is 19.1 Å². The first kappa shape index (κ1) is 22.5. The van der Waals surface area contributed by atoms with Crippen LogP contribution in [0.15, 0.2) is 60.9 Å². The van der Waals surface area contributed by atoms with Crippen LogP contribution in [0.25, 0.3) is 0 Å². The largest absolute Gasteiger partial charge is 0.490 e. The third kappa shape index (κ3) is 4.25. The molecule has 6 rings (SSSR count). The number of aromatic nitrogens is 2. The van der Waals surface area contributed by atoms with Gasteiger partial charge >= 0.3 is 0 Å². The molecule has 36 heavy (non-hydrogen) atoms. The molecule has 0 bridgehead atoms. The van der Waals surface area contributed by atoms with Gasteiger partial charge in [0.05, 0.1) is 24.1 Å². The number of benzene rings is 2. The van der Waals surface area contributed by atoms with Crippen molar-refractivity contribution in [1.82, 2.24) is 14.7 Å². The molecule has 2 atom stereocenters. The number of nitrogens with zero attached hydrogens (tertiary/aromatic N) is 3. The predicted octanol–water partition coefficient (Wildman–Crippen LogP) is 3.07. The Morgan fingerprint density at radius 3 is 2.78 bits per heavy atom. The van der Waals surface area contributed by atoms with Gasteiger partial charge < -0.3 is 25.0 Å². The van der Waals surface area contributed by atoms with E-state index in [0.29, 0.717) is 31.1 Å². The first-order valence-corrected chi connectivity index (χ1v) is 12.3. The van der Waals surface area contributed by atoms with Crippen LogP contribution in [0.4, 0.5) is 11.4 Å². The van der Waals surface area contributed by atoms with Crippen LogP contribution >= 0.6 is 0 Å². The summed E-state index contributed by atoms with van der Waals surface area (Å²) < 4.78 is 13.6. The number of amides is 2. The number of ether oxygens (including phenoxy) is 2. The Bertz CT molecular complexity index is 1280. The lowest BCUT2D eigenvalue weighted by atomic mass is 9.61. The number of rotatable bonds is 6. The number of carbonyl (C=O) groups excluding carboxylic acids is 2. The van der Waals surface area contributed by atoms with E-state index in [1.54, 1.807) is 17.1 Å². The van der Waals surface area contributed by atoms with Crippen molar-refractivity contribution in [1.29, 1.82) is 0 Å². The maximum absolute atomic E-state index is 12.8. The third-order valence-corrected chi connectivity index (χ3v) is 7.38. The van der Waals surface area contributed by atoms with Crippen molar-refractivity contribution in [2.24, 2.45) is 5.41 Å². The highest BCUT2D eigenvalue weighted by Gasteiger charge is 2.57. The van der Waals surface area contributed by atoms with Crippen molar-refractivity contribution in [3.63, 3.8) is 0 Å². The third-order valence-electron chi connectivity index (χ3n) is 7.38. The van der Waals surface area contributed by atoms with E-state index in [0.717, 1.165) is 24.3 Å². The molecule has 0 radical (unpaired) electrons. The molecule has 3 aliphatic rings. The molecule has 2 unspecified atom stereocenters. The molecule has 2 N–H and O–H groups in total. The van der Waals surface area contributed by atoms with Crippen LogP contribution in [0.1, 0.15) is 18.4 Å². The molecule has 1 aromatic heterocycles. The van der Waals surface area contributed by atoms with Crippen LogP contribution in [0, 0.1) is 12.3 Å². The number of anilines is 2. The van der Waals surface area contributed by atoms with Crippen molar-refractivity contribution >= 4 is 23.2 Å². The average Bonchev–Trinajstić information content (AvgIpc) is 3.28. The highest BCUT2D eigenvalue weighted by molar-refractivity contribution is 5.95. The molecule has 9 heteroatoms. The second kappa shape index (κ2) is 8.89. The lowest BCUT2D eigenvalue weighted by Gasteiger charge is -2.59. The van der Waals surface area contributed by atoms with Gasteiger partial charge in [0.15, 0.2) is 6.10 Å². The van der Waals surface area contributed by atoms with Crippen molar-refractivity contribution in [3.05, 3.63) is 66.5 Å². The molecule has 2 fully saturated rings. The Balaban J connectivity index is 0.987. The molecule has 1 saturated carbocycles. The van der Waals surface area contributed by atoms with Crippen LogP contribution in [0.2, 0.25) is 0 Å². The van der Waals surface area contributed by atoms with Gasteiger partial charge in [0.25, 0.3) is 5.91 Å². The lowest BCUT2D eigenvalue weighted by molar-refractivity contribution is -0.171. The molecule has 2 aromatic carbocycles. The van der Waals surface area contributed by atoms with Crippen molar-refractivity contribution in [2.75, 3.05) is 30.3 Å². The number of hydrogen-bond acceptors (Lipinski definition) is 6. The predicted molar refractivity (Wildman–Crippen MR) is 134 cm³/mol. The van der Waals surface area contributed by atoms with Gasteiger partial charge in [-0.3, -0.25) is 14.3 Å². The Morgan fingerprint density at radius 1 is 1.19 bits per heavy atom.